The molecule has 86 valence electrons. The quantitative estimate of drug-likeness (QED) is 0.477. The maximum atomic E-state index is 10.8. The van der Waals surface area contributed by atoms with Crippen LogP contribution >= 0.6 is 0 Å². The van der Waals surface area contributed by atoms with Crippen molar-refractivity contribution in [1.29, 1.82) is 0 Å². The van der Waals surface area contributed by atoms with Crippen LogP contribution < -0.4 is 9.47 Å². The first-order valence-corrected chi connectivity index (χ1v) is 4.73. The van der Waals surface area contributed by atoms with E-state index in [-0.39, 0.29) is 5.75 Å². The largest absolute Gasteiger partial charge is 0.494 e. The molecule has 1 aromatic rings. The van der Waals surface area contributed by atoms with Gasteiger partial charge in [-0.05, 0) is 37.6 Å². The highest BCUT2D eigenvalue weighted by molar-refractivity contribution is 6.29. The number of rotatable bonds is 3. The molecule has 0 heterocycles. The third kappa shape index (κ3) is 2.98. The smallest absolute Gasteiger partial charge is 0.422 e. The first kappa shape index (κ1) is 12.0. The van der Waals surface area contributed by atoms with E-state index in [0.29, 0.717) is 17.9 Å². The van der Waals surface area contributed by atoms with Crippen molar-refractivity contribution in [1.82, 2.24) is 0 Å². The summed E-state index contributed by atoms with van der Waals surface area (Å²) in [5.74, 6) is -2.05. The predicted molar refractivity (Wildman–Crippen MR) is 55.6 cm³/mol. The molecule has 0 saturated heterocycles. The summed E-state index contributed by atoms with van der Waals surface area (Å²) in [5.41, 5.74) is 0.639. The second-order valence-corrected chi connectivity index (χ2v) is 3.05. The molecule has 0 amide bonds. The number of carboxylic acids is 1. The Hall–Kier alpha value is -2.04. The van der Waals surface area contributed by atoms with Crippen LogP contribution in [0.25, 0.3) is 0 Å². The number of aryl methyl sites for hydroxylation is 1. The van der Waals surface area contributed by atoms with Crippen molar-refractivity contribution in [2.75, 3.05) is 6.61 Å². The molecule has 1 N–H and O–H groups in total. The summed E-state index contributed by atoms with van der Waals surface area (Å²) >= 11 is 0. The topological polar surface area (TPSA) is 72.8 Å². The molecule has 0 bridgehead atoms. The fraction of sp³-hybridized carbons (Fsp3) is 0.273. The Kier molecular flexibility index (Phi) is 3.88. The van der Waals surface area contributed by atoms with Gasteiger partial charge >= 0.3 is 11.9 Å². The number of aliphatic carboxylic acids is 1. The zero-order chi connectivity index (χ0) is 12.1. The van der Waals surface area contributed by atoms with Gasteiger partial charge in [0.05, 0.1) is 6.61 Å². The van der Waals surface area contributed by atoms with Crippen LogP contribution in [-0.4, -0.2) is 23.7 Å². The predicted octanol–water partition coefficient (Wildman–Crippen LogP) is 1.38. The van der Waals surface area contributed by atoms with Crippen LogP contribution in [0.1, 0.15) is 12.5 Å². The van der Waals surface area contributed by atoms with Crippen LogP contribution in [0.15, 0.2) is 18.2 Å². The molecule has 0 aliphatic rings. The molecule has 0 atom stereocenters. The van der Waals surface area contributed by atoms with Gasteiger partial charge in [-0.1, -0.05) is 0 Å². The van der Waals surface area contributed by atoms with E-state index in [1.165, 1.54) is 6.07 Å². The molecule has 0 unspecified atom stereocenters. The van der Waals surface area contributed by atoms with Crippen molar-refractivity contribution in [3.63, 3.8) is 0 Å². The lowest BCUT2D eigenvalue weighted by Crippen LogP contribution is -2.19. The maximum absolute atomic E-state index is 10.8. The molecule has 1 rings (SSSR count). The zero-order valence-corrected chi connectivity index (χ0v) is 9.02. The molecule has 0 aromatic heterocycles. The second kappa shape index (κ2) is 5.16. The van der Waals surface area contributed by atoms with Crippen molar-refractivity contribution in [3.8, 4) is 11.5 Å². The summed E-state index contributed by atoms with van der Waals surface area (Å²) in [5, 5.41) is 8.37. The van der Waals surface area contributed by atoms with E-state index >= 15 is 0 Å². The molecule has 16 heavy (non-hydrogen) atoms. The number of carboxylic acid groups (broad SMARTS) is 1. The normalized spacial score (nSPS) is 9.62. The molecule has 0 spiro atoms. The Morgan fingerprint density at radius 2 is 2.06 bits per heavy atom. The van der Waals surface area contributed by atoms with E-state index in [1.54, 1.807) is 19.1 Å². The third-order valence-corrected chi connectivity index (χ3v) is 1.83. The molecule has 0 fully saturated rings. The Balaban J connectivity index is 2.83. The minimum absolute atomic E-state index is 0.218. The van der Waals surface area contributed by atoms with Crippen LogP contribution in [-0.2, 0) is 9.59 Å². The zero-order valence-electron chi connectivity index (χ0n) is 9.02. The molecular formula is C11H12O5. The van der Waals surface area contributed by atoms with E-state index < -0.39 is 11.9 Å². The summed E-state index contributed by atoms with van der Waals surface area (Å²) in [4.78, 5) is 21.1. The number of ether oxygens (including phenoxy) is 2. The Labute approximate surface area is 92.6 Å². The second-order valence-electron chi connectivity index (χ2n) is 3.05. The highest BCUT2D eigenvalue weighted by Gasteiger charge is 2.15. The Morgan fingerprint density at radius 1 is 1.38 bits per heavy atom. The Bertz CT molecular complexity index is 411. The van der Waals surface area contributed by atoms with Gasteiger partial charge in [0.1, 0.15) is 11.5 Å². The fourth-order valence-electron chi connectivity index (χ4n) is 1.14. The maximum Gasteiger partial charge on any atom is 0.422 e. The molecule has 0 aliphatic heterocycles. The van der Waals surface area contributed by atoms with Gasteiger partial charge < -0.3 is 14.6 Å². The highest BCUT2D eigenvalue weighted by atomic mass is 16.6. The van der Waals surface area contributed by atoms with E-state index in [0.717, 1.165) is 0 Å². The first-order valence-electron chi connectivity index (χ1n) is 4.73. The lowest BCUT2D eigenvalue weighted by molar-refractivity contribution is -0.158. The summed E-state index contributed by atoms with van der Waals surface area (Å²) < 4.78 is 9.88. The van der Waals surface area contributed by atoms with E-state index in [2.05, 4.69) is 4.74 Å². The molecule has 5 nitrogen and oxygen atoms in total. The van der Waals surface area contributed by atoms with Gasteiger partial charge in [0, 0.05) is 0 Å². The van der Waals surface area contributed by atoms with Crippen molar-refractivity contribution in [2.45, 2.75) is 13.8 Å². The molecular weight excluding hydrogens is 212 g/mol. The van der Waals surface area contributed by atoms with Gasteiger partial charge in [0.2, 0.25) is 0 Å². The minimum Gasteiger partial charge on any atom is -0.494 e. The van der Waals surface area contributed by atoms with Gasteiger partial charge in [-0.15, -0.1) is 0 Å². The number of esters is 1. The summed E-state index contributed by atoms with van der Waals surface area (Å²) in [6.07, 6.45) is 0. The molecule has 0 aliphatic carbocycles. The fourth-order valence-corrected chi connectivity index (χ4v) is 1.14. The minimum atomic E-state index is -1.62. The van der Waals surface area contributed by atoms with Crippen molar-refractivity contribution in [2.24, 2.45) is 0 Å². The van der Waals surface area contributed by atoms with Crippen LogP contribution in [0.5, 0.6) is 11.5 Å². The summed E-state index contributed by atoms with van der Waals surface area (Å²) in [6.45, 7) is 4.09. The van der Waals surface area contributed by atoms with Crippen molar-refractivity contribution >= 4 is 11.9 Å². The summed E-state index contributed by atoms with van der Waals surface area (Å²) in [7, 11) is 0. The van der Waals surface area contributed by atoms with Gasteiger partial charge in [-0.25, -0.2) is 9.59 Å². The summed E-state index contributed by atoms with van der Waals surface area (Å²) in [6, 6.07) is 4.79. The molecule has 1 aromatic carbocycles. The monoisotopic (exact) mass is 224 g/mol. The average Bonchev–Trinajstić information content (AvgIpc) is 2.22. The molecule has 5 heteroatoms. The van der Waals surface area contributed by atoms with E-state index in [1.807, 2.05) is 6.92 Å². The van der Waals surface area contributed by atoms with Crippen LogP contribution in [0.2, 0.25) is 0 Å². The van der Waals surface area contributed by atoms with Gasteiger partial charge in [-0.3, -0.25) is 0 Å². The van der Waals surface area contributed by atoms with Gasteiger partial charge in [-0.2, -0.15) is 0 Å². The number of hydrogen-bond donors (Lipinski definition) is 1. The highest BCUT2D eigenvalue weighted by Crippen LogP contribution is 2.23. The number of benzene rings is 1. The molecule has 0 saturated carbocycles. The Morgan fingerprint density at radius 3 is 2.56 bits per heavy atom. The van der Waals surface area contributed by atoms with Gasteiger partial charge in [0.25, 0.3) is 0 Å². The SMILES string of the molecule is CCOc1ccc(OC(=O)C(=O)O)c(C)c1. The van der Waals surface area contributed by atoms with Crippen LogP contribution in [0, 0.1) is 6.92 Å². The average molecular weight is 224 g/mol. The van der Waals surface area contributed by atoms with Crippen molar-refractivity contribution < 1.29 is 24.2 Å². The lowest BCUT2D eigenvalue weighted by atomic mass is 10.2. The van der Waals surface area contributed by atoms with E-state index in [9.17, 15) is 9.59 Å². The lowest BCUT2D eigenvalue weighted by Gasteiger charge is -2.08. The molecule has 0 radical (unpaired) electrons. The standard InChI is InChI=1S/C11H12O5/c1-3-15-8-4-5-9(7(2)6-8)16-11(14)10(12)13/h4-6H,3H2,1-2H3,(H,12,13). The van der Waals surface area contributed by atoms with Gasteiger partial charge in [0.15, 0.2) is 0 Å². The number of hydrogen-bond acceptors (Lipinski definition) is 4. The number of carbonyl (C=O) groups is 2. The van der Waals surface area contributed by atoms with Crippen LogP contribution in [0.3, 0.4) is 0 Å². The third-order valence-electron chi connectivity index (χ3n) is 1.83. The number of carbonyl (C=O) groups excluding carboxylic acids is 1. The first-order chi connectivity index (χ1) is 7.54. The van der Waals surface area contributed by atoms with Crippen LogP contribution in [0.4, 0.5) is 0 Å². The van der Waals surface area contributed by atoms with Crippen molar-refractivity contribution in [3.05, 3.63) is 23.8 Å². The van der Waals surface area contributed by atoms with E-state index in [4.69, 9.17) is 9.84 Å².